The Morgan fingerprint density at radius 3 is 2.70 bits per heavy atom. The zero-order chi connectivity index (χ0) is 15.6. The van der Waals surface area contributed by atoms with E-state index in [1.807, 2.05) is 12.1 Å². The van der Waals surface area contributed by atoms with Gasteiger partial charge in [-0.2, -0.15) is 0 Å². The third-order valence-corrected chi connectivity index (χ3v) is 5.57. The molecule has 1 aliphatic rings. The van der Waals surface area contributed by atoms with Gasteiger partial charge in [0.15, 0.2) is 0 Å². The summed E-state index contributed by atoms with van der Waals surface area (Å²) < 4.78 is 0. The van der Waals surface area contributed by atoms with Crippen LogP contribution in [0.4, 0.5) is 0 Å². The van der Waals surface area contributed by atoms with Crippen LogP contribution in [0, 0.1) is 0 Å². The van der Waals surface area contributed by atoms with Crippen LogP contribution in [0.25, 0.3) is 10.9 Å². The number of nitrogens with zero attached hydrogens (tertiary/aromatic N) is 2. The highest BCUT2D eigenvalue weighted by molar-refractivity contribution is 7.10. The molecule has 0 radical (unpaired) electrons. The Hall–Kier alpha value is -1.91. The summed E-state index contributed by atoms with van der Waals surface area (Å²) >= 11 is 1.76. The number of aromatic hydroxyl groups is 1. The average Bonchev–Trinajstić information content (AvgIpc) is 3.13. The molecular weight excluding hydrogens is 304 g/mol. The molecular formula is C19H20N2OS. The van der Waals surface area contributed by atoms with Gasteiger partial charge < -0.3 is 5.11 Å². The molecule has 2 aromatic heterocycles. The van der Waals surface area contributed by atoms with Crippen molar-refractivity contribution in [2.45, 2.75) is 25.3 Å². The number of hydrogen-bond donors (Lipinski definition) is 1. The quantitative estimate of drug-likeness (QED) is 0.766. The Bertz CT molecular complexity index is 794. The van der Waals surface area contributed by atoms with Gasteiger partial charge in [0.05, 0.1) is 6.04 Å². The highest BCUT2D eigenvalue weighted by Gasteiger charge is 2.27. The number of likely N-dealkylation sites (tertiary alicyclic amines) is 1. The topological polar surface area (TPSA) is 36.4 Å². The fourth-order valence-electron chi connectivity index (χ4n) is 3.52. The molecule has 0 saturated carbocycles. The Morgan fingerprint density at radius 2 is 1.91 bits per heavy atom. The van der Waals surface area contributed by atoms with E-state index >= 15 is 0 Å². The predicted molar refractivity (Wildman–Crippen MR) is 95.0 cm³/mol. The molecule has 118 valence electrons. The Balaban J connectivity index is 1.84. The van der Waals surface area contributed by atoms with E-state index in [4.69, 9.17) is 0 Å². The summed E-state index contributed by atoms with van der Waals surface area (Å²) in [6.07, 6.45) is 5.51. The first-order valence-corrected chi connectivity index (χ1v) is 9.06. The van der Waals surface area contributed by atoms with Crippen LogP contribution in [0.1, 0.15) is 35.7 Å². The van der Waals surface area contributed by atoms with Crippen molar-refractivity contribution in [3.05, 3.63) is 58.4 Å². The maximum Gasteiger partial charge on any atom is 0.146 e. The zero-order valence-corrected chi connectivity index (χ0v) is 13.8. The number of piperidine rings is 1. The van der Waals surface area contributed by atoms with Gasteiger partial charge in [0.1, 0.15) is 11.3 Å². The van der Waals surface area contributed by atoms with E-state index in [2.05, 4.69) is 39.5 Å². The molecule has 4 heteroatoms. The highest BCUT2D eigenvalue weighted by Crippen LogP contribution is 2.40. The fraction of sp³-hybridized carbons (Fsp3) is 0.316. The second-order valence-corrected chi connectivity index (χ2v) is 7.07. The number of thiophene rings is 1. The van der Waals surface area contributed by atoms with Crippen LogP contribution in [-0.2, 0) is 0 Å². The second kappa shape index (κ2) is 6.30. The molecule has 0 amide bonds. The van der Waals surface area contributed by atoms with Gasteiger partial charge in [-0.25, -0.2) is 0 Å². The molecule has 0 spiro atoms. The minimum Gasteiger partial charge on any atom is -0.505 e. The lowest BCUT2D eigenvalue weighted by molar-refractivity contribution is 0.187. The number of hydrogen-bond acceptors (Lipinski definition) is 4. The molecule has 4 rings (SSSR count). The number of aromatic nitrogens is 1. The van der Waals surface area contributed by atoms with Gasteiger partial charge in [0.2, 0.25) is 0 Å². The van der Waals surface area contributed by atoms with Gasteiger partial charge in [0, 0.05) is 22.0 Å². The number of pyridine rings is 1. The molecule has 23 heavy (non-hydrogen) atoms. The standard InChI is InChI=1S/C19H20N2OS/c22-19-15(9-8-14-6-4-10-20-17(14)19)18(16-7-5-13-23-16)21-11-2-1-3-12-21/h4-10,13,18,22H,1-3,11-12H2/t18-/m0/s1. The largest absolute Gasteiger partial charge is 0.505 e. The van der Waals surface area contributed by atoms with Crippen molar-refractivity contribution in [1.29, 1.82) is 0 Å². The van der Waals surface area contributed by atoms with Gasteiger partial charge in [-0.05, 0) is 43.4 Å². The Labute approximate surface area is 140 Å². The SMILES string of the molecule is Oc1c([C@@H](c2cccs2)N2CCCCC2)ccc2cccnc12. The summed E-state index contributed by atoms with van der Waals surface area (Å²) in [5, 5.41) is 14.0. The minimum atomic E-state index is 0.127. The number of phenols is 1. The van der Waals surface area contributed by atoms with E-state index in [0.29, 0.717) is 11.3 Å². The summed E-state index contributed by atoms with van der Waals surface area (Å²) in [5.74, 6) is 0.326. The number of benzene rings is 1. The van der Waals surface area contributed by atoms with Gasteiger partial charge >= 0.3 is 0 Å². The van der Waals surface area contributed by atoms with Crippen LogP contribution >= 0.6 is 11.3 Å². The van der Waals surface area contributed by atoms with Crippen molar-refractivity contribution in [1.82, 2.24) is 9.88 Å². The number of fused-ring (bicyclic) bond motifs is 1. The Kier molecular flexibility index (Phi) is 4.02. The highest BCUT2D eigenvalue weighted by atomic mass is 32.1. The zero-order valence-electron chi connectivity index (χ0n) is 13.0. The van der Waals surface area contributed by atoms with Crippen molar-refractivity contribution >= 4 is 22.2 Å². The lowest BCUT2D eigenvalue weighted by atomic mass is 9.98. The molecule has 1 atom stereocenters. The van der Waals surface area contributed by atoms with Crippen LogP contribution in [0.2, 0.25) is 0 Å². The van der Waals surface area contributed by atoms with Crippen molar-refractivity contribution in [2.75, 3.05) is 13.1 Å². The molecule has 0 aliphatic carbocycles. The van der Waals surface area contributed by atoms with Gasteiger partial charge in [-0.15, -0.1) is 11.3 Å². The maximum absolute atomic E-state index is 10.9. The van der Waals surface area contributed by atoms with Crippen molar-refractivity contribution in [2.24, 2.45) is 0 Å². The molecule has 3 nitrogen and oxygen atoms in total. The molecule has 1 aromatic carbocycles. The second-order valence-electron chi connectivity index (χ2n) is 6.09. The fourth-order valence-corrected chi connectivity index (χ4v) is 4.40. The van der Waals surface area contributed by atoms with E-state index in [-0.39, 0.29) is 6.04 Å². The first kappa shape index (κ1) is 14.7. The van der Waals surface area contributed by atoms with Gasteiger partial charge in [-0.3, -0.25) is 9.88 Å². The van der Waals surface area contributed by atoms with E-state index in [1.54, 1.807) is 17.5 Å². The van der Waals surface area contributed by atoms with Crippen LogP contribution in [0.3, 0.4) is 0 Å². The van der Waals surface area contributed by atoms with Crippen LogP contribution in [-0.4, -0.2) is 28.1 Å². The van der Waals surface area contributed by atoms with Gasteiger partial charge in [0.25, 0.3) is 0 Å². The maximum atomic E-state index is 10.9. The predicted octanol–water partition coefficient (Wildman–Crippen LogP) is 4.58. The average molecular weight is 324 g/mol. The third kappa shape index (κ3) is 2.73. The molecule has 3 aromatic rings. The van der Waals surface area contributed by atoms with E-state index < -0.39 is 0 Å². The summed E-state index contributed by atoms with van der Waals surface area (Å²) in [7, 11) is 0. The molecule has 1 fully saturated rings. The molecule has 0 bridgehead atoms. The molecule has 1 aliphatic heterocycles. The summed E-state index contributed by atoms with van der Waals surface area (Å²) in [6, 6.07) is 12.4. The molecule has 0 unspecified atom stereocenters. The summed E-state index contributed by atoms with van der Waals surface area (Å²) in [6.45, 7) is 2.17. The molecule has 1 saturated heterocycles. The third-order valence-electron chi connectivity index (χ3n) is 4.64. The Morgan fingerprint density at radius 1 is 1.04 bits per heavy atom. The van der Waals surface area contributed by atoms with Gasteiger partial charge in [-0.1, -0.05) is 30.7 Å². The van der Waals surface area contributed by atoms with Crippen molar-refractivity contribution < 1.29 is 5.11 Å². The molecule has 3 heterocycles. The first-order valence-electron chi connectivity index (χ1n) is 8.18. The van der Waals surface area contributed by atoms with Crippen molar-refractivity contribution in [3.8, 4) is 5.75 Å². The summed E-state index contributed by atoms with van der Waals surface area (Å²) in [4.78, 5) is 8.17. The lowest BCUT2D eigenvalue weighted by Gasteiger charge is -2.34. The van der Waals surface area contributed by atoms with E-state index in [1.165, 1.54) is 24.1 Å². The normalized spacial score (nSPS) is 17.4. The van der Waals surface area contributed by atoms with E-state index in [9.17, 15) is 5.11 Å². The van der Waals surface area contributed by atoms with E-state index in [0.717, 1.165) is 24.0 Å². The smallest absolute Gasteiger partial charge is 0.146 e. The van der Waals surface area contributed by atoms with Crippen LogP contribution < -0.4 is 0 Å². The minimum absolute atomic E-state index is 0.127. The van der Waals surface area contributed by atoms with Crippen LogP contribution in [0.5, 0.6) is 5.75 Å². The monoisotopic (exact) mass is 324 g/mol. The molecule has 1 N–H and O–H groups in total. The number of rotatable bonds is 3. The number of phenolic OH excluding ortho intramolecular Hbond substituents is 1. The first-order chi connectivity index (χ1) is 11.3. The van der Waals surface area contributed by atoms with Crippen LogP contribution in [0.15, 0.2) is 48.0 Å². The lowest BCUT2D eigenvalue weighted by Crippen LogP contribution is -2.34. The summed E-state index contributed by atoms with van der Waals surface area (Å²) in [5.41, 5.74) is 1.67. The van der Waals surface area contributed by atoms with Crippen molar-refractivity contribution in [3.63, 3.8) is 0 Å².